The number of nitrogens with zero attached hydrogens (tertiary/aromatic N) is 4. The van der Waals surface area contributed by atoms with Gasteiger partial charge in [-0.1, -0.05) is 0 Å². The summed E-state index contributed by atoms with van der Waals surface area (Å²) in [5.41, 5.74) is 0.0137. The lowest BCUT2D eigenvalue weighted by atomic mass is 9.80. The second-order valence-corrected chi connectivity index (χ2v) is 7.29. The zero-order valence-corrected chi connectivity index (χ0v) is 13.4. The largest absolute Gasteiger partial charge is 0.481 e. The van der Waals surface area contributed by atoms with Crippen molar-refractivity contribution in [1.29, 1.82) is 0 Å². The van der Waals surface area contributed by atoms with Crippen molar-refractivity contribution in [3.8, 4) is 11.4 Å². The van der Waals surface area contributed by atoms with E-state index in [2.05, 4.69) is 31.5 Å². The molecule has 1 fully saturated rings. The number of carboxylic acids is 1. The molecule has 3 rings (SSSR count). The first kappa shape index (κ1) is 14.6. The average molecular weight is 373 g/mol. The normalized spacial score (nSPS) is 17.8. The Labute approximate surface area is 133 Å². The van der Waals surface area contributed by atoms with Gasteiger partial charge in [0, 0.05) is 24.2 Å². The van der Waals surface area contributed by atoms with E-state index in [0.29, 0.717) is 31.9 Å². The summed E-state index contributed by atoms with van der Waals surface area (Å²) in [4.78, 5) is 11.7. The summed E-state index contributed by atoms with van der Waals surface area (Å²) in [5.74, 6) is -0.234. The number of tetrazole rings is 1. The third-order valence-corrected chi connectivity index (χ3v) is 5.22. The number of carboxylic acid groups (broad SMARTS) is 1. The van der Waals surface area contributed by atoms with Crippen LogP contribution < -0.4 is 0 Å². The lowest BCUT2D eigenvalue weighted by Gasteiger charge is -2.32. The molecule has 0 amide bonds. The monoisotopic (exact) mass is 372 g/mol. The molecule has 0 saturated carbocycles. The highest BCUT2D eigenvalue weighted by Crippen LogP contribution is 2.34. The molecule has 1 aliphatic heterocycles. The quantitative estimate of drug-likeness (QED) is 0.882. The van der Waals surface area contributed by atoms with Gasteiger partial charge >= 0.3 is 5.97 Å². The molecule has 0 atom stereocenters. The van der Waals surface area contributed by atoms with Crippen molar-refractivity contribution in [2.75, 3.05) is 13.2 Å². The molecule has 1 saturated heterocycles. The second-order valence-electron chi connectivity index (χ2n) is 5.00. The van der Waals surface area contributed by atoms with E-state index >= 15 is 0 Å². The Morgan fingerprint density at radius 1 is 1.52 bits per heavy atom. The summed E-state index contributed by atoms with van der Waals surface area (Å²) in [6.45, 7) is 1.16. The summed E-state index contributed by atoms with van der Waals surface area (Å²) in [6.07, 6.45) is 0.934. The highest BCUT2D eigenvalue weighted by atomic mass is 79.9. The molecule has 7 nitrogen and oxygen atoms in total. The van der Waals surface area contributed by atoms with Crippen molar-refractivity contribution in [2.24, 2.45) is 5.41 Å². The van der Waals surface area contributed by atoms with Crippen LogP contribution in [0.15, 0.2) is 15.2 Å². The maximum atomic E-state index is 11.7. The van der Waals surface area contributed by atoms with E-state index in [4.69, 9.17) is 4.74 Å². The molecular weight excluding hydrogens is 360 g/mol. The summed E-state index contributed by atoms with van der Waals surface area (Å²) < 4.78 is 7.84. The topological polar surface area (TPSA) is 90.1 Å². The summed E-state index contributed by atoms with van der Waals surface area (Å²) in [5, 5.41) is 23.2. The second kappa shape index (κ2) is 5.82. The molecule has 1 N–H and O–H groups in total. The fourth-order valence-corrected chi connectivity index (χ4v) is 3.57. The maximum absolute atomic E-state index is 11.7. The van der Waals surface area contributed by atoms with Crippen molar-refractivity contribution < 1.29 is 14.6 Å². The van der Waals surface area contributed by atoms with E-state index in [0.717, 1.165) is 9.35 Å². The van der Waals surface area contributed by atoms with Gasteiger partial charge in [0.25, 0.3) is 0 Å². The molecule has 0 bridgehead atoms. The van der Waals surface area contributed by atoms with Crippen molar-refractivity contribution in [2.45, 2.75) is 19.4 Å². The van der Waals surface area contributed by atoms with Crippen LogP contribution in [0, 0.1) is 5.41 Å². The zero-order chi connectivity index (χ0) is 14.9. The predicted octanol–water partition coefficient (Wildman–Crippen LogP) is 2.05. The lowest BCUT2D eigenvalue weighted by molar-refractivity contribution is -0.156. The van der Waals surface area contributed by atoms with E-state index in [1.165, 1.54) is 11.3 Å². The van der Waals surface area contributed by atoms with Crippen LogP contribution in [0.3, 0.4) is 0 Å². The highest BCUT2D eigenvalue weighted by molar-refractivity contribution is 9.11. The van der Waals surface area contributed by atoms with Crippen LogP contribution in [-0.2, 0) is 16.1 Å². The molecule has 0 aromatic carbocycles. The van der Waals surface area contributed by atoms with Gasteiger partial charge in [0.05, 0.1) is 15.7 Å². The number of ether oxygens (including phenoxy) is 1. The van der Waals surface area contributed by atoms with Crippen molar-refractivity contribution in [3.05, 3.63) is 15.2 Å². The molecule has 21 heavy (non-hydrogen) atoms. The van der Waals surface area contributed by atoms with Crippen LogP contribution in [0.2, 0.25) is 0 Å². The lowest BCUT2D eigenvalue weighted by Crippen LogP contribution is -2.41. The molecule has 2 aromatic rings. The van der Waals surface area contributed by atoms with Crippen LogP contribution in [0.25, 0.3) is 11.4 Å². The Hall–Kier alpha value is -1.32. The van der Waals surface area contributed by atoms with Gasteiger partial charge in [0.1, 0.15) is 0 Å². The van der Waals surface area contributed by atoms with Gasteiger partial charge < -0.3 is 9.84 Å². The number of carbonyl (C=O) groups is 1. The first-order chi connectivity index (χ1) is 10.1. The van der Waals surface area contributed by atoms with Crippen molar-refractivity contribution in [3.63, 3.8) is 0 Å². The molecule has 0 aliphatic carbocycles. The predicted molar refractivity (Wildman–Crippen MR) is 79.0 cm³/mol. The number of hydrogen-bond acceptors (Lipinski definition) is 6. The summed E-state index contributed by atoms with van der Waals surface area (Å²) >= 11 is 4.94. The minimum absolute atomic E-state index is 0.251. The third-order valence-electron chi connectivity index (χ3n) is 3.71. The minimum atomic E-state index is -0.865. The Bertz CT molecular complexity index is 650. The third kappa shape index (κ3) is 2.85. The van der Waals surface area contributed by atoms with Gasteiger partial charge in [-0.2, -0.15) is 0 Å². The number of rotatable bonds is 4. The standard InChI is InChI=1S/C12H13BrN4O3S/c13-9-5-8(6-21-9)10-14-15-16-17(10)7-12(11(18)19)1-3-20-4-2-12/h5-6H,1-4,7H2,(H,18,19). The van der Waals surface area contributed by atoms with Gasteiger partial charge in [-0.05, 0) is 45.3 Å². The first-order valence-electron chi connectivity index (χ1n) is 6.42. The zero-order valence-electron chi connectivity index (χ0n) is 11.0. The molecule has 0 spiro atoms. The van der Waals surface area contributed by atoms with Crippen LogP contribution in [0.4, 0.5) is 0 Å². The SMILES string of the molecule is O=C(O)C1(Cn2nnnc2-c2csc(Br)c2)CCOCC1. The molecule has 1 aliphatic rings. The highest BCUT2D eigenvalue weighted by Gasteiger charge is 2.41. The Balaban J connectivity index is 1.91. The molecule has 112 valence electrons. The molecule has 9 heteroatoms. The summed E-state index contributed by atoms with van der Waals surface area (Å²) in [6, 6.07) is 1.92. The van der Waals surface area contributed by atoms with Gasteiger partial charge in [0.15, 0.2) is 5.82 Å². The number of halogens is 1. The van der Waals surface area contributed by atoms with Crippen molar-refractivity contribution >= 4 is 33.2 Å². The number of thiophene rings is 1. The van der Waals surface area contributed by atoms with E-state index in [1.54, 1.807) is 4.68 Å². The van der Waals surface area contributed by atoms with Crippen molar-refractivity contribution in [1.82, 2.24) is 20.2 Å². The fourth-order valence-electron chi connectivity index (χ4n) is 2.43. The van der Waals surface area contributed by atoms with E-state index < -0.39 is 11.4 Å². The van der Waals surface area contributed by atoms with Crippen LogP contribution in [0.5, 0.6) is 0 Å². The molecule has 2 aromatic heterocycles. The number of aliphatic carboxylic acids is 1. The number of aromatic nitrogens is 4. The molecule has 3 heterocycles. The molecule has 0 unspecified atom stereocenters. The van der Waals surface area contributed by atoms with E-state index in [9.17, 15) is 9.90 Å². The van der Waals surface area contributed by atoms with Gasteiger partial charge in [0.2, 0.25) is 0 Å². The smallest absolute Gasteiger partial charge is 0.311 e. The van der Waals surface area contributed by atoms with E-state index in [-0.39, 0.29) is 6.54 Å². The molecular formula is C12H13BrN4O3S. The Morgan fingerprint density at radius 3 is 2.90 bits per heavy atom. The van der Waals surface area contributed by atoms with Gasteiger partial charge in [-0.3, -0.25) is 4.79 Å². The first-order valence-corrected chi connectivity index (χ1v) is 8.10. The summed E-state index contributed by atoms with van der Waals surface area (Å²) in [7, 11) is 0. The van der Waals surface area contributed by atoms with Crippen LogP contribution >= 0.6 is 27.3 Å². The minimum Gasteiger partial charge on any atom is -0.481 e. The van der Waals surface area contributed by atoms with E-state index in [1.807, 2.05) is 11.4 Å². The van der Waals surface area contributed by atoms with Gasteiger partial charge in [-0.15, -0.1) is 16.4 Å². The average Bonchev–Trinajstić information content (AvgIpc) is 3.08. The Morgan fingerprint density at radius 2 is 2.29 bits per heavy atom. The van der Waals surface area contributed by atoms with Crippen LogP contribution in [0.1, 0.15) is 12.8 Å². The Kier molecular flexibility index (Phi) is 4.05. The van der Waals surface area contributed by atoms with Gasteiger partial charge in [-0.25, -0.2) is 4.68 Å². The van der Waals surface area contributed by atoms with Crippen LogP contribution in [-0.4, -0.2) is 44.5 Å². The number of hydrogen-bond donors (Lipinski definition) is 1. The molecule has 0 radical (unpaired) electrons. The fraction of sp³-hybridized carbons (Fsp3) is 0.500. The maximum Gasteiger partial charge on any atom is 0.311 e.